The van der Waals surface area contributed by atoms with Crippen LogP contribution < -0.4 is 5.32 Å². The van der Waals surface area contributed by atoms with Crippen LogP contribution in [0.5, 0.6) is 0 Å². The van der Waals surface area contributed by atoms with Gasteiger partial charge in [0.05, 0.1) is 28.9 Å². The Hall–Kier alpha value is -1.85. The summed E-state index contributed by atoms with van der Waals surface area (Å²) in [5, 5.41) is 16.5. The van der Waals surface area contributed by atoms with Gasteiger partial charge < -0.3 is 10.4 Å². The SMILES string of the molecule is CCn1nc(C)c(NC(=O)[C@H]2CCCC[C@H]2C(=O)O)c1C. The van der Waals surface area contributed by atoms with Crippen molar-refractivity contribution in [3.63, 3.8) is 0 Å². The number of hydrogen-bond acceptors (Lipinski definition) is 3. The van der Waals surface area contributed by atoms with Crippen LogP contribution in [0.1, 0.15) is 44.0 Å². The Balaban J connectivity index is 2.17. The van der Waals surface area contributed by atoms with Crippen LogP contribution in [0, 0.1) is 25.7 Å². The first-order valence-electron chi connectivity index (χ1n) is 7.53. The topological polar surface area (TPSA) is 84.2 Å². The summed E-state index contributed by atoms with van der Waals surface area (Å²) in [5.41, 5.74) is 2.40. The summed E-state index contributed by atoms with van der Waals surface area (Å²) in [6.45, 7) is 6.50. The van der Waals surface area contributed by atoms with Gasteiger partial charge in [-0.2, -0.15) is 5.10 Å². The second kappa shape index (κ2) is 6.28. The third kappa shape index (κ3) is 3.09. The van der Waals surface area contributed by atoms with E-state index in [1.807, 2.05) is 25.5 Å². The van der Waals surface area contributed by atoms with E-state index in [0.717, 1.165) is 36.5 Å². The van der Waals surface area contributed by atoms with Crippen LogP contribution in [0.4, 0.5) is 5.69 Å². The number of carbonyl (C=O) groups is 2. The number of aromatic nitrogens is 2. The molecule has 1 amide bonds. The molecule has 21 heavy (non-hydrogen) atoms. The molecule has 0 saturated heterocycles. The molecule has 0 unspecified atom stereocenters. The van der Waals surface area contributed by atoms with Gasteiger partial charge in [0.15, 0.2) is 0 Å². The molecular weight excluding hydrogens is 270 g/mol. The van der Waals surface area contributed by atoms with E-state index in [-0.39, 0.29) is 5.91 Å². The summed E-state index contributed by atoms with van der Waals surface area (Å²) in [6, 6.07) is 0. The van der Waals surface area contributed by atoms with Crippen molar-refractivity contribution in [2.24, 2.45) is 11.8 Å². The highest BCUT2D eigenvalue weighted by molar-refractivity contribution is 5.96. The molecule has 1 saturated carbocycles. The zero-order chi connectivity index (χ0) is 15.6. The molecule has 1 aliphatic carbocycles. The Morgan fingerprint density at radius 2 is 1.90 bits per heavy atom. The fraction of sp³-hybridized carbons (Fsp3) is 0.667. The van der Waals surface area contributed by atoms with Crippen molar-refractivity contribution in [1.29, 1.82) is 0 Å². The highest BCUT2D eigenvalue weighted by Crippen LogP contribution is 2.32. The van der Waals surface area contributed by atoms with Crippen LogP contribution in [0.25, 0.3) is 0 Å². The van der Waals surface area contributed by atoms with E-state index in [2.05, 4.69) is 10.4 Å². The lowest BCUT2D eigenvalue weighted by Crippen LogP contribution is -2.36. The summed E-state index contributed by atoms with van der Waals surface area (Å²) in [5.74, 6) is -2.07. The van der Waals surface area contributed by atoms with Crippen molar-refractivity contribution in [1.82, 2.24) is 9.78 Å². The zero-order valence-electron chi connectivity index (χ0n) is 12.8. The number of amides is 1. The first kappa shape index (κ1) is 15.5. The molecule has 1 fully saturated rings. The quantitative estimate of drug-likeness (QED) is 0.892. The van der Waals surface area contributed by atoms with E-state index in [0.29, 0.717) is 12.8 Å². The molecule has 2 rings (SSSR count). The van der Waals surface area contributed by atoms with Crippen molar-refractivity contribution in [2.75, 3.05) is 5.32 Å². The van der Waals surface area contributed by atoms with Crippen LogP contribution in [0.3, 0.4) is 0 Å². The van der Waals surface area contributed by atoms with E-state index in [4.69, 9.17) is 0 Å². The van der Waals surface area contributed by atoms with Crippen LogP contribution >= 0.6 is 0 Å². The molecule has 2 atom stereocenters. The van der Waals surface area contributed by atoms with Gasteiger partial charge in [-0.1, -0.05) is 12.8 Å². The van der Waals surface area contributed by atoms with Crippen LogP contribution in [0.15, 0.2) is 0 Å². The van der Waals surface area contributed by atoms with E-state index < -0.39 is 17.8 Å². The Kier molecular flexibility index (Phi) is 4.65. The average molecular weight is 293 g/mol. The third-order valence-electron chi connectivity index (χ3n) is 4.35. The fourth-order valence-corrected chi connectivity index (χ4v) is 3.14. The van der Waals surface area contributed by atoms with Crippen molar-refractivity contribution in [2.45, 2.75) is 53.0 Å². The predicted octanol–water partition coefficient (Wildman–Crippen LogP) is 2.35. The molecule has 1 aromatic heterocycles. The zero-order valence-corrected chi connectivity index (χ0v) is 12.8. The average Bonchev–Trinajstić information content (AvgIpc) is 2.74. The normalized spacial score (nSPS) is 22.0. The van der Waals surface area contributed by atoms with Crippen molar-refractivity contribution >= 4 is 17.6 Å². The number of rotatable bonds is 4. The number of hydrogen-bond donors (Lipinski definition) is 2. The molecule has 6 nitrogen and oxygen atoms in total. The molecule has 0 bridgehead atoms. The number of carboxylic acid groups (broad SMARTS) is 1. The van der Waals surface area contributed by atoms with E-state index in [1.165, 1.54) is 0 Å². The van der Waals surface area contributed by atoms with Gasteiger partial charge in [0.2, 0.25) is 5.91 Å². The van der Waals surface area contributed by atoms with Gasteiger partial charge in [-0.25, -0.2) is 0 Å². The first-order chi connectivity index (χ1) is 9.95. The van der Waals surface area contributed by atoms with Gasteiger partial charge in [0.1, 0.15) is 0 Å². The summed E-state index contributed by atoms with van der Waals surface area (Å²) in [7, 11) is 0. The highest BCUT2D eigenvalue weighted by atomic mass is 16.4. The van der Waals surface area contributed by atoms with Crippen LogP contribution in [-0.4, -0.2) is 26.8 Å². The summed E-state index contributed by atoms with van der Waals surface area (Å²) in [4.78, 5) is 23.8. The van der Waals surface area contributed by atoms with Gasteiger partial charge in [-0.05, 0) is 33.6 Å². The number of carboxylic acids is 1. The number of aliphatic carboxylic acids is 1. The molecule has 2 N–H and O–H groups in total. The monoisotopic (exact) mass is 293 g/mol. The Labute approximate surface area is 124 Å². The van der Waals surface area contributed by atoms with Gasteiger partial charge in [-0.3, -0.25) is 14.3 Å². The third-order valence-corrected chi connectivity index (χ3v) is 4.35. The van der Waals surface area contributed by atoms with E-state index >= 15 is 0 Å². The predicted molar refractivity (Wildman–Crippen MR) is 79.1 cm³/mol. The minimum Gasteiger partial charge on any atom is -0.481 e. The maximum atomic E-state index is 12.5. The summed E-state index contributed by atoms with van der Waals surface area (Å²) in [6.07, 6.45) is 3.02. The van der Waals surface area contributed by atoms with E-state index in [1.54, 1.807) is 0 Å². The Morgan fingerprint density at radius 1 is 1.29 bits per heavy atom. The standard InChI is InChI=1S/C15H23N3O3/c1-4-18-10(3)13(9(2)17-18)16-14(19)11-7-5-6-8-12(11)15(20)21/h11-12H,4-8H2,1-3H3,(H,16,19)(H,20,21)/t11-,12+/m0/s1. The molecule has 0 aromatic carbocycles. The second-order valence-electron chi connectivity index (χ2n) is 5.69. The maximum absolute atomic E-state index is 12.5. The molecule has 6 heteroatoms. The van der Waals surface area contributed by atoms with Gasteiger partial charge in [0, 0.05) is 6.54 Å². The van der Waals surface area contributed by atoms with Crippen molar-refractivity contribution < 1.29 is 14.7 Å². The number of anilines is 1. The molecule has 1 aromatic rings. The molecule has 0 radical (unpaired) electrons. The lowest BCUT2D eigenvalue weighted by Gasteiger charge is -2.27. The maximum Gasteiger partial charge on any atom is 0.307 e. The second-order valence-corrected chi connectivity index (χ2v) is 5.69. The molecule has 1 heterocycles. The highest BCUT2D eigenvalue weighted by Gasteiger charge is 2.36. The van der Waals surface area contributed by atoms with Crippen molar-refractivity contribution in [3.05, 3.63) is 11.4 Å². The van der Waals surface area contributed by atoms with E-state index in [9.17, 15) is 14.7 Å². The Bertz CT molecular complexity index is 551. The first-order valence-corrected chi connectivity index (χ1v) is 7.53. The molecular formula is C15H23N3O3. The minimum atomic E-state index is -0.868. The molecule has 1 aliphatic rings. The molecule has 116 valence electrons. The Morgan fingerprint density at radius 3 is 2.43 bits per heavy atom. The summed E-state index contributed by atoms with van der Waals surface area (Å²) >= 11 is 0. The number of nitrogens with zero attached hydrogens (tertiary/aromatic N) is 2. The van der Waals surface area contributed by atoms with Crippen LogP contribution in [-0.2, 0) is 16.1 Å². The lowest BCUT2D eigenvalue weighted by molar-refractivity contribution is -0.147. The summed E-state index contributed by atoms with van der Waals surface area (Å²) < 4.78 is 1.83. The fourth-order valence-electron chi connectivity index (χ4n) is 3.14. The van der Waals surface area contributed by atoms with Gasteiger partial charge in [0.25, 0.3) is 0 Å². The number of nitrogens with one attached hydrogen (secondary N) is 1. The number of aryl methyl sites for hydroxylation is 2. The smallest absolute Gasteiger partial charge is 0.307 e. The number of carbonyl (C=O) groups excluding carboxylic acids is 1. The van der Waals surface area contributed by atoms with Crippen molar-refractivity contribution in [3.8, 4) is 0 Å². The molecule has 0 spiro atoms. The largest absolute Gasteiger partial charge is 0.481 e. The minimum absolute atomic E-state index is 0.191. The van der Waals surface area contributed by atoms with Gasteiger partial charge >= 0.3 is 5.97 Å². The van der Waals surface area contributed by atoms with Gasteiger partial charge in [-0.15, -0.1) is 0 Å². The van der Waals surface area contributed by atoms with Crippen LogP contribution in [0.2, 0.25) is 0 Å². The lowest BCUT2D eigenvalue weighted by atomic mass is 9.78. The molecule has 0 aliphatic heterocycles.